The summed E-state index contributed by atoms with van der Waals surface area (Å²) in [5, 5.41) is 3.43. The first-order valence-electron chi connectivity index (χ1n) is 7.37. The first-order valence-corrected chi connectivity index (χ1v) is 7.37. The third-order valence-corrected chi connectivity index (χ3v) is 3.95. The molecule has 0 aliphatic carbocycles. The fourth-order valence-corrected chi connectivity index (χ4v) is 2.72. The second-order valence-electron chi connectivity index (χ2n) is 5.42. The van der Waals surface area contributed by atoms with Gasteiger partial charge >= 0.3 is 0 Å². The summed E-state index contributed by atoms with van der Waals surface area (Å²) >= 11 is 0. The Morgan fingerprint density at radius 1 is 1.24 bits per heavy atom. The summed E-state index contributed by atoms with van der Waals surface area (Å²) in [4.78, 5) is 4.18. The quantitative estimate of drug-likeness (QED) is 0.880. The topological polar surface area (TPSA) is 34.2 Å². The zero-order valence-corrected chi connectivity index (χ0v) is 13.3. The first kappa shape index (κ1) is 15.5. The number of methoxy groups -OCH3 is 1. The lowest BCUT2D eigenvalue weighted by molar-refractivity contribution is 0.410. The second kappa shape index (κ2) is 7.23. The fraction of sp³-hybridized carbons (Fsp3) is 0.389. The summed E-state index contributed by atoms with van der Waals surface area (Å²) in [7, 11) is 3.74. The van der Waals surface area contributed by atoms with Crippen molar-refractivity contribution in [2.24, 2.45) is 0 Å². The molecule has 3 heteroatoms. The van der Waals surface area contributed by atoms with Crippen molar-refractivity contribution in [2.75, 3.05) is 14.2 Å². The molecule has 0 amide bonds. The van der Waals surface area contributed by atoms with Gasteiger partial charge in [-0.05, 0) is 68.1 Å². The van der Waals surface area contributed by atoms with Gasteiger partial charge in [0.25, 0.3) is 0 Å². The minimum atomic E-state index is 0.342. The molecule has 0 radical (unpaired) electrons. The second-order valence-corrected chi connectivity index (χ2v) is 5.42. The van der Waals surface area contributed by atoms with Gasteiger partial charge < -0.3 is 10.1 Å². The van der Waals surface area contributed by atoms with Gasteiger partial charge in [-0.25, -0.2) is 0 Å². The smallest absolute Gasteiger partial charge is 0.122 e. The van der Waals surface area contributed by atoms with Crippen molar-refractivity contribution in [3.05, 3.63) is 58.9 Å². The van der Waals surface area contributed by atoms with Gasteiger partial charge in [0.1, 0.15) is 5.75 Å². The first-order chi connectivity index (χ1) is 10.2. The number of rotatable bonds is 6. The van der Waals surface area contributed by atoms with Gasteiger partial charge in [-0.2, -0.15) is 0 Å². The number of aromatic nitrogens is 1. The van der Waals surface area contributed by atoms with Crippen LogP contribution in [0.2, 0.25) is 0 Å². The van der Waals surface area contributed by atoms with Crippen molar-refractivity contribution < 1.29 is 4.74 Å². The standard InChI is InChI=1S/C18H24N2O/c1-13-11-18(21-4)14(2)10-16(13)17(19-3)8-7-15-6-5-9-20-12-15/h5-6,9-12,17,19H,7-8H2,1-4H3. The van der Waals surface area contributed by atoms with Crippen molar-refractivity contribution in [1.82, 2.24) is 10.3 Å². The van der Waals surface area contributed by atoms with Crippen LogP contribution in [0.3, 0.4) is 0 Å². The molecule has 1 atom stereocenters. The summed E-state index contributed by atoms with van der Waals surface area (Å²) in [6, 6.07) is 8.82. The minimum Gasteiger partial charge on any atom is -0.496 e. The maximum Gasteiger partial charge on any atom is 0.122 e. The molecule has 0 fully saturated rings. The Morgan fingerprint density at radius 3 is 2.67 bits per heavy atom. The average molecular weight is 284 g/mol. The zero-order chi connectivity index (χ0) is 15.2. The van der Waals surface area contributed by atoms with E-state index in [-0.39, 0.29) is 0 Å². The molecule has 112 valence electrons. The van der Waals surface area contributed by atoms with Crippen LogP contribution in [0.4, 0.5) is 0 Å². The van der Waals surface area contributed by atoms with Gasteiger partial charge in [-0.3, -0.25) is 4.98 Å². The van der Waals surface area contributed by atoms with Gasteiger partial charge in [-0.15, -0.1) is 0 Å². The highest BCUT2D eigenvalue weighted by molar-refractivity contribution is 5.43. The van der Waals surface area contributed by atoms with E-state index in [0.717, 1.165) is 18.6 Å². The highest BCUT2D eigenvalue weighted by Crippen LogP contribution is 2.28. The van der Waals surface area contributed by atoms with Gasteiger partial charge in [0.2, 0.25) is 0 Å². The molecule has 1 aromatic heterocycles. The molecule has 21 heavy (non-hydrogen) atoms. The SMILES string of the molecule is CNC(CCc1cccnc1)c1cc(C)c(OC)cc1C. The number of hydrogen-bond donors (Lipinski definition) is 1. The van der Waals surface area contributed by atoms with Gasteiger partial charge in [0, 0.05) is 18.4 Å². The van der Waals surface area contributed by atoms with Crippen LogP contribution in [0.1, 0.15) is 34.7 Å². The van der Waals surface area contributed by atoms with Crippen LogP contribution in [0, 0.1) is 13.8 Å². The van der Waals surface area contributed by atoms with Crippen LogP contribution >= 0.6 is 0 Å². The number of aryl methyl sites for hydroxylation is 3. The predicted molar refractivity (Wildman–Crippen MR) is 86.8 cm³/mol. The lowest BCUT2D eigenvalue weighted by atomic mass is 9.94. The monoisotopic (exact) mass is 284 g/mol. The maximum absolute atomic E-state index is 5.39. The molecule has 0 aliphatic rings. The summed E-state index contributed by atoms with van der Waals surface area (Å²) < 4.78 is 5.39. The Labute approximate surface area is 127 Å². The van der Waals surface area contributed by atoms with E-state index >= 15 is 0 Å². The number of hydrogen-bond acceptors (Lipinski definition) is 3. The summed E-state index contributed by atoms with van der Waals surface area (Å²) in [5.74, 6) is 0.957. The Kier molecular flexibility index (Phi) is 5.34. The van der Waals surface area contributed by atoms with E-state index in [9.17, 15) is 0 Å². The lowest BCUT2D eigenvalue weighted by Crippen LogP contribution is -2.18. The fourth-order valence-electron chi connectivity index (χ4n) is 2.72. The number of pyridine rings is 1. The molecular formula is C18H24N2O. The van der Waals surface area contributed by atoms with Crippen molar-refractivity contribution in [2.45, 2.75) is 32.7 Å². The largest absolute Gasteiger partial charge is 0.496 e. The number of nitrogens with zero attached hydrogens (tertiary/aromatic N) is 1. The van der Waals surface area contributed by atoms with Crippen LogP contribution in [0.25, 0.3) is 0 Å². The summed E-state index contributed by atoms with van der Waals surface area (Å²) in [6.07, 6.45) is 5.83. The Morgan fingerprint density at radius 2 is 2.05 bits per heavy atom. The molecule has 1 aromatic carbocycles. The average Bonchev–Trinajstić information content (AvgIpc) is 2.51. The van der Waals surface area contributed by atoms with Crippen LogP contribution in [0.15, 0.2) is 36.7 Å². The number of benzene rings is 1. The molecule has 2 aromatic rings. The maximum atomic E-state index is 5.39. The molecule has 2 rings (SSSR count). The van der Waals surface area contributed by atoms with E-state index in [2.05, 4.69) is 42.3 Å². The molecule has 3 nitrogen and oxygen atoms in total. The normalized spacial score (nSPS) is 12.2. The van der Waals surface area contributed by atoms with E-state index in [1.165, 1.54) is 22.3 Å². The molecule has 0 bridgehead atoms. The lowest BCUT2D eigenvalue weighted by Gasteiger charge is -2.20. The molecule has 0 saturated carbocycles. The highest BCUT2D eigenvalue weighted by atomic mass is 16.5. The van der Waals surface area contributed by atoms with Crippen molar-refractivity contribution in [3.63, 3.8) is 0 Å². The van der Waals surface area contributed by atoms with Crippen molar-refractivity contribution >= 4 is 0 Å². The van der Waals surface area contributed by atoms with Crippen LogP contribution in [-0.2, 0) is 6.42 Å². The van der Waals surface area contributed by atoms with E-state index < -0.39 is 0 Å². The molecule has 1 unspecified atom stereocenters. The molecule has 0 spiro atoms. The minimum absolute atomic E-state index is 0.342. The number of nitrogens with one attached hydrogen (secondary N) is 1. The van der Waals surface area contributed by atoms with Crippen LogP contribution < -0.4 is 10.1 Å². The summed E-state index contributed by atoms with van der Waals surface area (Å²) in [6.45, 7) is 4.24. The van der Waals surface area contributed by atoms with Crippen LogP contribution in [0.5, 0.6) is 5.75 Å². The Hall–Kier alpha value is -1.87. The van der Waals surface area contributed by atoms with Gasteiger partial charge in [-0.1, -0.05) is 12.1 Å². The molecule has 0 saturated heterocycles. The van der Waals surface area contributed by atoms with E-state index in [1.807, 2.05) is 25.5 Å². The zero-order valence-electron chi connectivity index (χ0n) is 13.3. The third-order valence-electron chi connectivity index (χ3n) is 3.95. The molecule has 1 heterocycles. The van der Waals surface area contributed by atoms with Crippen molar-refractivity contribution in [1.29, 1.82) is 0 Å². The summed E-state index contributed by atoms with van der Waals surface area (Å²) in [5.41, 5.74) is 5.07. The molecule has 1 N–H and O–H groups in total. The van der Waals surface area contributed by atoms with Gasteiger partial charge in [0.05, 0.1) is 7.11 Å². The van der Waals surface area contributed by atoms with E-state index in [0.29, 0.717) is 6.04 Å². The number of ether oxygens (including phenoxy) is 1. The predicted octanol–water partition coefficient (Wildman–Crippen LogP) is 3.60. The van der Waals surface area contributed by atoms with Crippen LogP contribution in [-0.4, -0.2) is 19.1 Å². The molecule has 0 aliphatic heterocycles. The highest BCUT2D eigenvalue weighted by Gasteiger charge is 2.14. The van der Waals surface area contributed by atoms with E-state index in [4.69, 9.17) is 4.74 Å². The van der Waals surface area contributed by atoms with Gasteiger partial charge in [0.15, 0.2) is 0 Å². The Bertz CT molecular complexity index is 581. The third kappa shape index (κ3) is 3.82. The Balaban J connectivity index is 2.16. The molecular weight excluding hydrogens is 260 g/mol. The van der Waals surface area contributed by atoms with Crippen molar-refractivity contribution in [3.8, 4) is 5.75 Å². The van der Waals surface area contributed by atoms with E-state index in [1.54, 1.807) is 7.11 Å².